The quantitative estimate of drug-likeness (QED) is 0.484. The highest BCUT2D eigenvalue weighted by Gasteiger charge is 2.24. The number of carbonyl (C=O) groups is 2. The molecule has 6 nitrogen and oxygen atoms in total. The lowest BCUT2D eigenvalue weighted by Gasteiger charge is -2.22. The Hall–Kier alpha value is -2.22. The zero-order chi connectivity index (χ0) is 16.7. The number of hydrogen-bond donors (Lipinski definition) is 4. The molecule has 120 valence electrons. The summed E-state index contributed by atoms with van der Waals surface area (Å²) >= 11 is 4.84. The van der Waals surface area contributed by atoms with Crippen LogP contribution in [0.5, 0.6) is 0 Å². The fourth-order valence-electron chi connectivity index (χ4n) is 1.62. The Morgan fingerprint density at radius 2 is 1.73 bits per heavy atom. The zero-order valence-electron chi connectivity index (χ0n) is 12.6. The number of hydrazine groups is 1. The van der Waals surface area contributed by atoms with E-state index >= 15 is 0 Å². The van der Waals surface area contributed by atoms with Gasteiger partial charge in [-0.2, -0.15) is 0 Å². The number of carbonyl (C=O) groups excluding carboxylic acids is 2. The van der Waals surface area contributed by atoms with Gasteiger partial charge in [0.1, 0.15) is 11.9 Å². The number of nitrogens with one attached hydrogen (secondary N) is 4. The third kappa shape index (κ3) is 5.28. The molecule has 4 N–H and O–H groups in total. The van der Waals surface area contributed by atoms with Gasteiger partial charge in [-0.15, -0.1) is 0 Å². The molecule has 1 rings (SSSR count). The van der Waals surface area contributed by atoms with Gasteiger partial charge in [0, 0.05) is 12.6 Å². The van der Waals surface area contributed by atoms with Crippen LogP contribution in [-0.2, 0) is 4.79 Å². The van der Waals surface area contributed by atoms with Gasteiger partial charge in [-0.25, -0.2) is 4.39 Å². The summed E-state index contributed by atoms with van der Waals surface area (Å²) in [6, 6.07) is 4.33. The fraction of sp³-hybridized carbons (Fsp3) is 0.357. The molecule has 1 atom stereocenters. The van der Waals surface area contributed by atoms with Gasteiger partial charge in [0.05, 0.1) is 0 Å². The molecule has 0 aliphatic carbocycles. The SMILES string of the molecule is CNC(=S)NNC(=O)[C@H](NC(=O)c1ccc(F)cc1)C(C)C. The van der Waals surface area contributed by atoms with Crippen molar-refractivity contribution in [2.24, 2.45) is 5.92 Å². The van der Waals surface area contributed by atoms with Crippen molar-refractivity contribution in [2.45, 2.75) is 19.9 Å². The van der Waals surface area contributed by atoms with E-state index < -0.39 is 23.7 Å². The van der Waals surface area contributed by atoms with E-state index in [1.807, 2.05) is 0 Å². The molecule has 0 aliphatic rings. The van der Waals surface area contributed by atoms with Crippen molar-refractivity contribution >= 4 is 29.1 Å². The Labute approximate surface area is 133 Å². The van der Waals surface area contributed by atoms with Crippen LogP contribution in [0.25, 0.3) is 0 Å². The molecule has 0 spiro atoms. The van der Waals surface area contributed by atoms with Gasteiger partial charge in [-0.3, -0.25) is 20.4 Å². The lowest BCUT2D eigenvalue weighted by Crippen LogP contribution is -2.55. The molecule has 0 heterocycles. The maximum Gasteiger partial charge on any atom is 0.261 e. The summed E-state index contributed by atoms with van der Waals surface area (Å²) in [5.74, 6) is -1.46. The minimum absolute atomic E-state index is 0.144. The minimum Gasteiger partial charge on any atom is -0.364 e. The molecule has 0 aliphatic heterocycles. The summed E-state index contributed by atoms with van der Waals surface area (Å²) in [5.41, 5.74) is 5.20. The van der Waals surface area contributed by atoms with Crippen molar-refractivity contribution in [3.63, 3.8) is 0 Å². The van der Waals surface area contributed by atoms with Gasteiger partial charge in [0.2, 0.25) is 0 Å². The van der Waals surface area contributed by atoms with Crippen LogP contribution in [0, 0.1) is 11.7 Å². The second kappa shape index (κ2) is 8.28. The largest absolute Gasteiger partial charge is 0.364 e. The average Bonchev–Trinajstić information content (AvgIpc) is 2.49. The molecule has 0 saturated heterocycles. The van der Waals surface area contributed by atoms with Crippen molar-refractivity contribution in [1.82, 2.24) is 21.5 Å². The Morgan fingerprint density at radius 3 is 2.23 bits per heavy atom. The summed E-state index contributed by atoms with van der Waals surface area (Å²) in [6.07, 6.45) is 0. The molecule has 1 aromatic rings. The summed E-state index contributed by atoms with van der Waals surface area (Å²) in [7, 11) is 1.61. The van der Waals surface area contributed by atoms with Crippen molar-refractivity contribution in [2.75, 3.05) is 7.05 Å². The molecule has 0 aromatic heterocycles. The van der Waals surface area contributed by atoms with Gasteiger partial charge >= 0.3 is 0 Å². The van der Waals surface area contributed by atoms with E-state index in [4.69, 9.17) is 12.2 Å². The minimum atomic E-state index is -0.760. The third-order valence-corrected chi connectivity index (χ3v) is 3.17. The fourth-order valence-corrected chi connectivity index (χ4v) is 1.67. The number of halogens is 1. The number of rotatable bonds is 4. The van der Waals surface area contributed by atoms with Gasteiger partial charge in [-0.05, 0) is 42.4 Å². The second-order valence-corrected chi connectivity index (χ2v) is 5.30. The van der Waals surface area contributed by atoms with E-state index in [0.717, 1.165) is 0 Å². The molecule has 2 amide bonds. The Balaban J connectivity index is 2.71. The van der Waals surface area contributed by atoms with Crippen LogP contribution in [0.4, 0.5) is 4.39 Å². The van der Waals surface area contributed by atoms with Crippen molar-refractivity contribution in [1.29, 1.82) is 0 Å². The van der Waals surface area contributed by atoms with Crippen molar-refractivity contribution in [3.8, 4) is 0 Å². The highest BCUT2D eigenvalue weighted by molar-refractivity contribution is 7.80. The molecule has 0 fully saturated rings. The van der Waals surface area contributed by atoms with E-state index in [9.17, 15) is 14.0 Å². The first-order valence-corrected chi connectivity index (χ1v) is 7.10. The van der Waals surface area contributed by atoms with Crippen molar-refractivity contribution in [3.05, 3.63) is 35.6 Å². The van der Waals surface area contributed by atoms with Gasteiger partial charge in [-0.1, -0.05) is 13.8 Å². The number of benzene rings is 1. The summed E-state index contributed by atoms with van der Waals surface area (Å²) in [5, 5.41) is 5.51. The lowest BCUT2D eigenvalue weighted by molar-refractivity contribution is -0.124. The summed E-state index contributed by atoms with van der Waals surface area (Å²) < 4.78 is 12.9. The summed E-state index contributed by atoms with van der Waals surface area (Å²) in [6.45, 7) is 3.59. The smallest absolute Gasteiger partial charge is 0.261 e. The molecule has 0 radical (unpaired) electrons. The first-order chi connectivity index (χ1) is 10.3. The summed E-state index contributed by atoms with van der Waals surface area (Å²) in [4.78, 5) is 24.2. The highest BCUT2D eigenvalue weighted by atomic mass is 32.1. The molecular formula is C14H19FN4O2S. The first kappa shape index (κ1) is 17.8. The van der Waals surface area contributed by atoms with Gasteiger partial charge in [0.25, 0.3) is 11.8 Å². The number of thiocarbonyl (C=S) groups is 1. The average molecular weight is 326 g/mol. The maximum atomic E-state index is 12.9. The first-order valence-electron chi connectivity index (χ1n) is 6.69. The van der Waals surface area contributed by atoms with Crippen LogP contribution in [0.15, 0.2) is 24.3 Å². The molecule has 22 heavy (non-hydrogen) atoms. The predicted molar refractivity (Wildman–Crippen MR) is 85.4 cm³/mol. The molecular weight excluding hydrogens is 307 g/mol. The van der Waals surface area contributed by atoms with Crippen LogP contribution in [0.2, 0.25) is 0 Å². The Kier molecular flexibility index (Phi) is 6.71. The molecule has 0 saturated carbocycles. The van der Waals surface area contributed by atoms with E-state index in [0.29, 0.717) is 0 Å². The standard InChI is InChI=1S/C14H19FN4O2S/c1-8(2)11(13(21)18-19-14(22)16-3)17-12(20)9-4-6-10(15)7-5-9/h4-8,11H,1-3H3,(H,17,20)(H,18,21)(H2,16,19,22)/t11-/m1/s1. The van der Waals surface area contributed by atoms with Gasteiger partial charge in [0.15, 0.2) is 5.11 Å². The number of hydrogen-bond acceptors (Lipinski definition) is 3. The normalized spacial score (nSPS) is 11.5. The zero-order valence-corrected chi connectivity index (χ0v) is 13.4. The molecule has 1 aromatic carbocycles. The maximum absolute atomic E-state index is 12.9. The van der Waals surface area contributed by atoms with Crippen LogP contribution >= 0.6 is 12.2 Å². The van der Waals surface area contributed by atoms with Crippen LogP contribution < -0.4 is 21.5 Å². The van der Waals surface area contributed by atoms with Crippen LogP contribution in [0.1, 0.15) is 24.2 Å². The van der Waals surface area contributed by atoms with E-state index in [1.54, 1.807) is 20.9 Å². The van der Waals surface area contributed by atoms with Crippen LogP contribution in [-0.4, -0.2) is 30.0 Å². The monoisotopic (exact) mass is 326 g/mol. The van der Waals surface area contributed by atoms with E-state index in [1.165, 1.54) is 24.3 Å². The van der Waals surface area contributed by atoms with Gasteiger partial charge < -0.3 is 10.6 Å². The lowest BCUT2D eigenvalue weighted by atomic mass is 10.0. The highest BCUT2D eigenvalue weighted by Crippen LogP contribution is 2.06. The third-order valence-electron chi connectivity index (χ3n) is 2.87. The number of amides is 2. The Morgan fingerprint density at radius 1 is 1.14 bits per heavy atom. The van der Waals surface area contributed by atoms with Crippen molar-refractivity contribution < 1.29 is 14.0 Å². The topological polar surface area (TPSA) is 82.3 Å². The molecule has 0 bridgehead atoms. The molecule has 0 unspecified atom stereocenters. The van der Waals surface area contributed by atoms with E-state index in [-0.39, 0.29) is 16.6 Å². The predicted octanol–water partition coefficient (Wildman–Crippen LogP) is 0.705. The molecule has 8 heteroatoms. The Bertz CT molecular complexity index is 548. The second-order valence-electron chi connectivity index (χ2n) is 4.90. The van der Waals surface area contributed by atoms with Crippen LogP contribution in [0.3, 0.4) is 0 Å². The van der Waals surface area contributed by atoms with E-state index in [2.05, 4.69) is 21.5 Å².